The Hall–Kier alpha value is -3.33. The van der Waals surface area contributed by atoms with Gasteiger partial charge in [0.2, 0.25) is 0 Å². The normalized spacial score (nSPS) is 9.94. The van der Waals surface area contributed by atoms with E-state index in [0.29, 0.717) is 0 Å². The third-order valence-corrected chi connectivity index (χ3v) is 4.67. The van der Waals surface area contributed by atoms with Crippen LogP contribution in [0.15, 0.2) is 104 Å². The van der Waals surface area contributed by atoms with Crippen LogP contribution in [-0.2, 0) is 20.1 Å². The molecule has 158 valence electrons. The molecular formula is C28H23IrN3+. The predicted molar refractivity (Wildman–Crippen MR) is 123 cm³/mol. The van der Waals surface area contributed by atoms with Gasteiger partial charge in [0.25, 0.3) is 6.33 Å². The van der Waals surface area contributed by atoms with Gasteiger partial charge in [-0.3, -0.25) is 4.57 Å². The van der Waals surface area contributed by atoms with Crippen LogP contribution in [0.1, 0.15) is 11.1 Å². The van der Waals surface area contributed by atoms with Gasteiger partial charge in [-0.05, 0) is 43.4 Å². The molecule has 3 aromatic carbocycles. The Bertz CT molecular complexity index is 1180. The molecule has 5 aromatic rings. The Kier molecular flexibility index (Phi) is 8.27. The zero-order valence-electron chi connectivity index (χ0n) is 18.0. The molecule has 2 heterocycles. The Morgan fingerprint density at radius 2 is 1.53 bits per heavy atom. The molecule has 0 spiro atoms. The summed E-state index contributed by atoms with van der Waals surface area (Å²) in [5.74, 6) is 0. The molecule has 0 atom stereocenters. The Labute approximate surface area is 203 Å². The molecule has 0 radical (unpaired) electrons. The van der Waals surface area contributed by atoms with Gasteiger partial charge in [0.15, 0.2) is 0 Å². The summed E-state index contributed by atoms with van der Waals surface area (Å²) in [6, 6.07) is 34.4. The molecule has 0 N–H and O–H groups in total. The van der Waals surface area contributed by atoms with Gasteiger partial charge in [0.1, 0.15) is 0 Å². The van der Waals surface area contributed by atoms with Gasteiger partial charge in [0.05, 0.1) is 5.69 Å². The van der Waals surface area contributed by atoms with Crippen molar-refractivity contribution in [3.63, 3.8) is 0 Å². The third kappa shape index (κ3) is 6.10. The van der Waals surface area contributed by atoms with Crippen LogP contribution in [0.25, 0.3) is 22.6 Å². The van der Waals surface area contributed by atoms with Crippen LogP contribution in [-0.4, -0.2) is 9.55 Å². The molecule has 0 unspecified atom stereocenters. The van der Waals surface area contributed by atoms with Gasteiger partial charge >= 0.3 is 20.1 Å². The molecule has 4 heteroatoms. The fraction of sp³-hybridized carbons (Fsp3) is 0.0714. The van der Waals surface area contributed by atoms with Crippen molar-refractivity contribution in [2.75, 3.05) is 0 Å². The first kappa shape index (κ1) is 23.3. The van der Waals surface area contributed by atoms with E-state index in [1.165, 1.54) is 11.1 Å². The Morgan fingerprint density at radius 1 is 0.812 bits per heavy atom. The van der Waals surface area contributed by atoms with Gasteiger partial charge in [-0.1, -0.05) is 29.3 Å². The van der Waals surface area contributed by atoms with E-state index in [9.17, 15) is 0 Å². The average Bonchev–Trinajstić information content (AvgIpc) is 3.31. The second-order valence-electron chi connectivity index (χ2n) is 7.22. The Balaban J connectivity index is 0.000000193. The van der Waals surface area contributed by atoms with Crippen molar-refractivity contribution >= 4 is 0 Å². The van der Waals surface area contributed by atoms with Crippen molar-refractivity contribution in [2.24, 2.45) is 0 Å². The van der Waals surface area contributed by atoms with E-state index in [1.807, 2.05) is 88.3 Å². The number of nitrogens with zero attached hydrogens (tertiary/aromatic N) is 3. The number of rotatable bonds is 3. The van der Waals surface area contributed by atoms with Gasteiger partial charge in [0, 0.05) is 18.6 Å². The number of hydrogen-bond acceptors (Lipinski definition) is 1. The van der Waals surface area contributed by atoms with Crippen LogP contribution in [0.4, 0.5) is 0 Å². The minimum atomic E-state index is 0. The SMILES string of the molecule is Cc1cc(C)cc(-n2[c-][n+](-c3[c-]cccc3)cc2)c1.[Ir+3].[c-]1ccccc1-c1ccccn1. The van der Waals surface area contributed by atoms with Crippen molar-refractivity contribution in [2.45, 2.75) is 13.8 Å². The van der Waals surface area contributed by atoms with Crippen LogP contribution in [0.3, 0.4) is 0 Å². The van der Waals surface area contributed by atoms with Crippen molar-refractivity contribution in [1.82, 2.24) is 9.55 Å². The number of imidazole rings is 1. The zero-order valence-corrected chi connectivity index (χ0v) is 20.4. The molecular weight excluding hydrogens is 571 g/mol. The van der Waals surface area contributed by atoms with Gasteiger partial charge < -0.3 is 9.55 Å². The molecule has 0 saturated carbocycles. The molecule has 0 saturated heterocycles. The summed E-state index contributed by atoms with van der Waals surface area (Å²) in [4.78, 5) is 4.22. The minimum absolute atomic E-state index is 0. The summed E-state index contributed by atoms with van der Waals surface area (Å²) in [6.45, 7) is 4.22. The van der Waals surface area contributed by atoms with E-state index in [1.54, 1.807) is 6.20 Å². The maximum atomic E-state index is 4.22. The van der Waals surface area contributed by atoms with Crippen molar-refractivity contribution in [1.29, 1.82) is 0 Å². The zero-order chi connectivity index (χ0) is 21.5. The summed E-state index contributed by atoms with van der Waals surface area (Å²) >= 11 is 0. The van der Waals surface area contributed by atoms with E-state index >= 15 is 0 Å². The average molecular weight is 594 g/mol. The van der Waals surface area contributed by atoms with Crippen LogP contribution >= 0.6 is 0 Å². The van der Waals surface area contributed by atoms with Gasteiger partial charge in [-0.2, -0.15) is 30.3 Å². The fourth-order valence-corrected chi connectivity index (χ4v) is 3.29. The Morgan fingerprint density at radius 3 is 2.16 bits per heavy atom. The molecule has 0 aliphatic heterocycles. The summed E-state index contributed by atoms with van der Waals surface area (Å²) in [5, 5.41) is 0. The second kappa shape index (κ2) is 11.3. The smallest absolute Gasteiger partial charge is 0.321 e. The first-order chi connectivity index (χ1) is 15.2. The number of aromatic nitrogens is 3. The first-order valence-corrected chi connectivity index (χ1v) is 10.2. The van der Waals surface area contributed by atoms with E-state index in [0.717, 1.165) is 22.6 Å². The van der Waals surface area contributed by atoms with Crippen LogP contribution in [0.5, 0.6) is 0 Å². The van der Waals surface area contributed by atoms with E-state index in [2.05, 4.69) is 55.5 Å². The predicted octanol–water partition coefficient (Wildman–Crippen LogP) is 5.52. The second-order valence-corrected chi connectivity index (χ2v) is 7.22. The summed E-state index contributed by atoms with van der Waals surface area (Å²) in [7, 11) is 0. The maximum absolute atomic E-state index is 4.22. The van der Waals surface area contributed by atoms with Gasteiger partial charge in [-0.15, -0.1) is 35.9 Å². The molecule has 3 nitrogen and oxygen atoms in total. The fourth-order valence-electron chi connectivity index (χ4n) is 3.29. The number of pyridine rings is 1. The molecule has 5 rings (SSSR count). The first-order valence-electron chi connectivity index (χ1n) is 10.2. The topological polar surface area (TPSA) is 21.7 Å². The monoisotopic (exact) mass is 594 g/mol. The number of para-hydroxylation sites is 1. The standard InChI is InChI=1S/C17H15N2.C11H8N.Ir/c1-14-10-15(2)12-17(11-14)19-9-8-18(13-19)16-6-4-3-5-7-16;1-2-6-10(7-3-1)11-8-4-5-9-12-11;/h3-6,8-12H,1-2H3;1-6,8-9H;/q2*-1;+3. The molecule has 0 fully saturated rings. The molecule has 2 aromatic heterocycles. The minimum Gasteiger partial charge on any atom is -0.321 e. The summed E-state index contributed by atoms with van der Waals surface area (Å²) in [5.41, 5.74) is 6.65. The molecule has 0 aliphatic carbocycles. The number of aryl methyl sites for hydroxylation is 2. The quantitative estimate of drug-likeness (QED) is 0.200. The van der Waals surface area contributed by atoms with Gasteiger partial charge in [-0.25, -0.2) is 0 Å². The number of hydrogen-bond donors (Lipinski definition) is 0. The molecule has 32 heavy (non-hydrogen) atoms. The van der Waals surface area contributed by atoms with Crippen molar-refractivity contribution in [3.05, 3.63) is 133 Å². The third-order valence-electron chi connectivity index (χ3n) is 4.67. The van der Waals surface area contributed by atoms with Crippen LogP contribution in [0.2, 0.25) is 0 Å². The van der Waals surface area contributed by atoms with E-state index in [-0.39, 0.29) is 20.1 Å². The maximum Gasteiger partial charge on any atom is 3.00 e. The van der Waals surface area contributed by atoms with E-state index < -0.39 is 0 Å². The van der Waals surface area contributed by atoms with Crippen molar-refractivity contribution in [3.8, 4) is 22.6 Å². The molecule has 0 aliphatic rings. The summed E-state index contributed by atoms with van der Waals surface area (Å²) in [6.07, 6.45) is 9.09. The van der Waals surface area contributed by atoms with Crippen molar-refractivity contribution < 1.29 is 24.7 Å². The van der Waals surface area contributed by atoms with Crippen LogP contribution < -0.4 is 4.57 Å². The largest absolute Gasteiger partial charge is 3.00 e. The molecule has 0 amide bonds. The van der Waals surface area contributed by atoms with E-state index in [4.69, 9.17) is 0 Å². The summed E-state index contributed by atoms with van der Waals surface area (Å²) < 4.78 is 3.94. The van der Waals surface area contributed by atoms with Crippen LogP contribution in [0, 0.1) is 32.3 Å². The number of benzene rings is 3. The molecule has 0 bridgehead atoms.